The van der Waals surface area contributed by atoms with E-state index in [1.54, 1.807) is 6.92 Å². The smallest absolute Gasteiger partial charge is 0.261 e. The zero-order valence-corrected chi connectivity index (χ0v) is 16.3. The zero-order chi connectivity index (χ0) is 21.4. The molecule has 4 rings (SSSR count). The number of aryl methyl sites for hydroxylation is 1. The predicted octanol–water partition coefficient (Wildman–Crippen LogP) is 1.39. The van der Waals surface area contributed by atoms with Gasteiger partial charge in [-0.25, -0.2) is 0 Å². The third-order valence-electron chi connectivity index (χ3n) is 5.36. The van der Waals surface area contributed by atoms with E-state index in [2.05, 4.69) is 5.32 Å². The number of imide groups is 1. The quantitative estimate of drug-likeness (QED) is 0.749. The van der Waals surface area contributed by atoms with Crippen molar-refractivity contribution < 1.29 is 29.0 Å². The van der Waals surface area contributed by atoms with Gasteiger partial charge in [0.05, 0.1) is 29.7 Å². The molecule has 0 unspecified atom stereocenters. The van der Waals surface area contributed by atoms with Crippen LogP contribution in [0.2, 0.25) is 0 Å². The molecule has 2 aromatic rings. The lowest BCUT2D eigenvalue weighted by molar-refractivity contribution is -0.255. The Morgan fingerprint density at radius 2 is 1.90 bits per heavy atom. The molecule has 0 aliphatic carbocycles. The Kier molecular flexibility index (Phi) is 5.09. The Labute approximate surface area is 172 Å². The third-order valence-corrected chi connectivity index (χ3v) is 5.36. The number of benzene rings is 2. The summed E-state index contributed by atoms with van der Waals surface area (Å²) in [7, 11) is 0. The zero-order valence-electron chi connectivity index (χ0n) is 16.3. The van der Waals surface area contributed by atoms with Gasteiger partial charge in [-0.2, -0.15) is 0 Å². The highest BCUT2D eigenvalue weighted by Gasteiger charge is 2.37. The fourth-order valence-electron chi connectivity index (χ4n) is 3.71. The molecule has 2 aliphatic rings. The van der Waals surface area contributed by atoms with Crippen molar-refractivity contribution in [3.8, 4) is 0 Å². The van der Waals surface area contributed by atoms with Crippen molar-refractivity contribution in [3.05, 3.63) is 64.2 Å². The molecule has 0 aromatic heterocycles. The van der Waals surface area contributed by atoms with Crippen molar-refractivity contribution in [1.29, 1.82) is 0 Å². The molecule has 2 aliphatic heterocycles. The molecule has 2 aromatic carbocycles. The number of nitrogens with one attached hydrogen (secondary N) is 1. The number of aromatic carboxylic acids is 1. The summed E-state index contributed by atoms with van der Waals surface area (Å²) in [5, 5.41) is 13.8. The maximum absolute atomic E-state index is 12.7. The van der Waals surface area contributed by atoms with E-state index < -0.39 is 17.8 Å². The molecule has 3 amide bonds. The van der Waals surface area contributed by atoms with Crippen LogP contribution in [0.25, 0.3) is 0 Å². The van der Waals surface area contributed by atoms with Gasteiger partial charge in [0, 0.05) is 23.4 Å². The summed E-state index contributed by atoms with van der Waals surface area (Å²) in [5.41, 5.74) is 1.39. The highest BCUT2D eigenvalue weighted by atomic mass is 16.5. The number of carboxylic acids is 1. The number of ether oxygens (including phenoxy) is 1. The number of carbonyl (C=O) groups excluding carboxylic acids is 4. The Balaban J connectivity index is 1.53. The first kappa shape index (κ1) is 19.8. The SMILES string of the molecule is Cc1ccc(C(=O)Nc2ccc3c(c2)C(=O)N(C[C@H]2CCCO2)C3=O)cc1C(=O)[O-]. The van der Waals surface area contributed by atoms with E-state index in [1.165, 1.54) is 41.3 Å². The minimum absolute atomic E-state index is 0.0675. The molecule has 1 N–H and O–H groups in total. The van der Waals surface area contributed by atoms with E-state index >= 15 is 0 Å². The van der Waals surface area contributed by atoms with Gasteiger partial charge in [-0.15, -0.1) is 0 Å². The predicted molar refractivity (Wildman–Crippen MR) is 104 cm³/mol. The van der Waals surface area contributed by atoms with E-state index in [0.29, 0.717) is 17.9 Å². The average molecular weight is 407 g/mol. The van der Waals surface area contributed by atoms with Crippen LogP contribution in [0.5, 0.6) is 0 Å². The van der Waals surface area contributed by atoms with Crippen molar-refractivity contribution in [2.45, 2.75) is 25.9 Å². The fraction of sp³-hybridized carbons (Fsp3) is 0.273. The number of anilines is 1. The molecule has 154 valence electrons. The van der Waals surface area contributed by atoms with Crippen LogP contribution in [0, 0.1) is 6.92 Å². The first-order valence-corrected chi connectivity index (χ1v) is 9.60. The van der Waals surface area contributed by atoms with Crippen molar-refractivity contribution >= 4 is 29.4 Å². The molecule has 8 heteroatoms. The van der Waals surface area contributed by atoms with Crippen molar-refractivity contribution in [3.63, 3.8) is 0 Å². The maximum Gasteiger partial charge on any atom is 0.261 e. The number of carboxylic acid groups (broad SMARTS) is 1. The van der Waals surface area contributed by atoms with E-state index in [-0.39, 0.29) is 40.8 Å². The molecule has 8 nitrogen and oxygen atoms in total. The fourth-order valence-corrected chi connectivity index (χ4v) is 3.71. The normalized spacial score (nSPS) is 17.9. The Morgan fingerprint density at radius 1 is 1.13 bits per heavy atom. The van der Waals surface area contributed by atoms with E-state index in [1.807, 2.05) is 0 Å². The third kappa shape index (κ3) is 3.57. The summed E-state index contributed by atoms with van der Waals surface area (Å²) in [6, 6.07) is 8.76. The van der Waals surface area contributed by atoms with E-state index in [4.69, 9.17) is 4.74 Å². The molecule has 0 bridgehead atoms. The molecule has 0 saturated carbocycles. The van der Waals surface area contributed by atoms with Crippen molar-refractivity contribution in [2.24, 2.45) is 0 Å². The summed E-state index contributed by atoms with van der Waals surface area (Å²) in [5.74, 6) is -2.70. The molecule has 2 heterocycles. The monoisotopic (exact) mass is 407 g/mol. The number of hydrogen-bond acceptors (Lipinski definition) is 6. The molecule has 0 spiro atoms. The summed E-state index contributed by atoms with van der Waals surface area (Å²) >= 11 is 0. The second-order valence-corrected chi connectivity index (χ2v) is 7.39. The largest absolute Gasteiger partial charge is 0.545 e. The number of rotatable bonds is 5. The molecule has 0 radical (unpaired) electrons. The number of amides is 3. The van der Waals surface area contributed by atoms with Crippen LogP contribution >= 0.6 is 0 Å². The minimum Gasteiger partial charge on any atom is -0.545 e. The van der Waals surface area contributed by atoms with Gasteiger partial charge >= 0.3 is 0 Å². The molecule has 1 atom stereocenters. The molecule has 1 saturated heterocycles. The highest BCUT2D eigenvalue weighted by Crippen LogP contribution is 2.27. The maximum atomic E-state index is 12.7. The number of carbonyl (C=O) groups is 4. The van der Waals surface area contributed by atoms with Crippen LogP contribution in [0.4, 0.5) is 5.69 Å². The van der Waals surface area contributed by atoms with Gasteiger partial charge in [-0.3, -0.25) is 19.3 Å². The van der Waals surface area contributed by atoms with Gasteiger partial charge in [0.15, 0.2) is 0 Å². The van der Waals surface area contributed by atoms with Crippen molar-refractivity contribution in [2.75, 3.05) is 18.5 Å². The highest BCUT2D eigenvalue weighted by molar-refractivity contribution is 6.22. The Hall–Kier alpha value is -3.52. The van der Waals surface area contributed by atoms with Gasteiger partial charge in [0.25, 0.3) is 17.7 Å². The lowest BCUT2D eigenvalue weighted by atomic mass is 10.0. The van der Waals surface area contributed by atoms with Gasteiger partial charge in [0.2, 0.25) is 0 Å². The topological polar surface area (TPSA) is 116 Å². The summed E-state index contributed by atoms with van der Waals surface area (Å²) < 4.78 is 5.52. The first-order valence-electron chi connectivity index (χ1n) is 9.60. The van der Waals surface area contributed by atoms with Crippen LogP contribution in [0.1, 0.15) is 59.8 Å². The van der Waals surface area contributed by atoms with Crippen LogP contribution in [0.15, 0.2) is 36.4 Å². The number of hydrogen-bond donors (Lipinski definition) is 1. The summed E-state index contributed by atoms with van der Waals surface area (Å²) in [6.07, 6.45) is 1.56. The number of nitrogens with zero attached hydrogens (tertiary/aromatic N) is 1. The minimum atomic E-state index is -1.37. The average Bonchev–Trinajstić information content (AvgIpc) is 3.31. The Bertz CT molecular complexity index is 1070. The lowest BCUT2D eigenvalue weighted by Gasteiger charge is -2.17. The summed E-state index contributed by atoms with van der Waals surface area (Å²) in [6.45, 7) is 2.45. The summed E-state index contributed by atoms with van der Waals surface area (Å²) in [4.78, 5) is 50.2. The van der Waals surface area contributed by atoms with Crippen LogP contribution in [-0.2, 0) is 4.74 Å². The second-order valence-electron chi connectivity index (χ2n) is 7.39. The van der Waals surface area contributed by atoms with Crippen LogP contribution in [0.3, 0.4) is 0 Å². The van der Waals surface area contributed by atoms with Gasteiger partial charge in [-0.1, -0.05) is 6.07 Å². The first-order chi connectivity index (χ1) is 14.3. The van der Waals surface area contributed by atoms with E-state index in [0.717, 1.165) is 12.8 Å². The van der Waals surface area contributed by atoms with Crippen LogP contribution in [-0.4, -0.2) is 47.8 Å². The molecular formula is C22H19N2O6-. The Morgan fingerprint density at radius 3 is 2.60 bits per heavy atom. The van der Waals surface area contributed by atoms with Gasteiger partial charge in [-0.05, 0) is 55.7 Å². The van der Waals surface area contributed by atoms with Crippen LogP contribution < -0.4 is 10.4 Å². The van der Waals surface area contributed by atoms with Crippen molar-refractivity contribution in [1.82, 2.24) is 4.90 Å². The molecule has 30 heavy (non-hydrogen) atoms. The van der Waals surface area contributed by atoms with E-state index in [9.17, 15) is 24.3 Å². The van der Waals surface area contributed by atoms with Gasteiger partial charge < -0.3 is 20.0 Å². The van der Waals surface area contributed by atoms with Gasteiger partial charge in [0.1, 0.15) is 0 Å². The lowest BCUT2D eigenvalue weighted by Crippen LogP contribution is -2.36. The molecular weight excluding hydrogens is 388 g/mol. The second kappa shape index (κ2) is 7.72. The standard InChI is InChI=1S/C22H20N2O6/c1-12-4-5-13(9-17(12)22(28)29)19(25)23-14-6-7-16-18(10-14)21(27)24(20(16)26)11-15-3-2-8-30-15/h4-7,9-10,15H,2-3,8,11H2,1H3,(H,23,25)(H,28,29)/p-1/t15-/m1/s1. The number of fused-ring (bicyclic) bond motifs is 1. The molecule has 1 fully saturated rings.